The molecule has 1 atom stereocenters. The summed E-state index contributed by atoms with van der Waals surface area (Å²) in [5.41, 5.74) is 0.449. The van der Waals surface area contributed by atoms with Gasteiger partial charge in [0.05, 0.1) is 6.54 Å². The first-order valence-corrected chi connectivity index (χ1v) is 5.47. The van der Waals surface area contributed by atoms with Gasteiger partial charge in [0.15, 0.2) is 0 Å². The van der Waals surface area contributed by atoms with Crippen molar-refractivity contribution in [2.45, 2.75) is 39.7 Å². The molecule has 0 aromatic heterocycles. The highest BCUT2D eigenvalue weighted by Crippen LogP contribution is 2.47. The van der Waals surface area contributed by atoms with Gasteiger partial charge in [0.2, 0.25) is 5.91 Å². The molecule has 0 radical (unpaired) electrons. The van der Waals surface area contributed by atoms with Crippen LogP contribution in [0.25, 0.3) is 0 Å². The van der Waals surface area contributed by atoms with E-state index in [1.807, 2.05) is 14.0 Å². The predicted molar refractivity (Wildman–Crippen MR) is 58.1 cm³/mol. The van der Waals surface area contributed by atoms with Gasteiger partial charge in [0, 0.05) is 19.6 Å². The predicted octanol–water partition coefficient (Wildman–Crippen LogP) is 1.24. The molecule has 1 fully saturated rings. The van der Waals surface area contributed by atoms with Gasteiger partial charge in [-0.15, -0.1) is 0 Å². The SMILES string of the molecule is CCN(C)C(=O)CNC(C)C1(C)CC1. The van der Waals surface area contributed by atoms with Crippen LogP contribution in [0.4, 0.5) is 0 Å². The molecule has 0 aromatic carbocycles. The highest BCUT2D eigenvalue weighted by atomic mass is 16.2. The quantitative estimate of drug-likeness (QED) is 0.721. The number of carbonyl (C=O) groups is 1. The molecule has 0 aromatic rings. The van der Waals surface area contributed by atoms with Crippen molar-refractivity contribution in [1.29, 1.82) is 0 Å². The summed E-state index contributed by atoms with van der Waals surface area (Å²) in [5, 5.41) is 3.31. The third kappa shape index (κ3) is 2.71. The fraction of sp³-hybridized carbons (Fsp3) is 0.909. The topological polar surface area (TPSA) is 32.3 Å². The number of nitrogens with one attached hydrogen (secondary N) is 1. The first-order chi connectivity index (χ1) is 6.49. The van der Waals surface area contributed by atoms with Crippen molar-refractivity contribution in [3.63, 3.8) is 0 Å². The normalized spacial score (nSPS) is 20.3. The van der Waals surface area contributed by atoms with Crippen LogP contribution in [0.15, 0.2) is 0 Å². The average Bonchev–Trinajstić information content (AvgIpc) is 2.92. The number of likely N-dealkylation sites (N-methyl/N-ethyl adjacent to an activating group) is 1. The van der Waals surface area contributed by atoms with Gasteiger partial charge < -0.3 is 10.2 Å². The maximum Gasteiger partial charge on any atom is 0.236 e. The van der Waals surface area contributed by atoms with E-state index < -0.39 is 0 Å². The van der Waals surface area contributed by atoms with Crippen LogP contribution in [0, 0.1) is 5.41 Å². The van der Waals surface area contributed by atoms with E-state index in [9.17, 15) is 4.79 Å². The molecule has 0 saturated heterocycles. The number of rotatable bonds is 5. The lowest BCUT2D eigenvalue weighted by Crippen LogP contribution is -2.41. The first-order valence-electron chi connectivity index (χ1n) is 5.47. The van der Waals surface area contributed by atoms with E-state index in [2.05, 4.69) is 19.2 Å². The van der Waals surface area contributed by atoms with E-state index in [-0.39, 0.29) is 5.91 Å². The Labute approximate surface area is 86.9 Å². The molecule has 1 saturated carbocycles. The smallest absolute Gasteiger partial charge is 0.236 e. The highest BCUT2D eigenvalue weighted by Gasteiger charge is 2.42. The molecule has 0 heterocycles. The lowest BCUT2D eigenvalue weighted by atomic mass is 10.0. The molecule has 1 rings (SSSR count). The first kappa shape index (κ1) is 11.5. The van der Waals surface area contributed by atoms with E-state index in [1.165, 1.54) is 12.8 Å². The number of nitrogens with zero attached hydrogens (tertiary/aromatic N) is 1. The van der Waals surface area contributed by atoms with Crippen LogP contribution in [0.3, 0.4) is 0 Å². The van der Waals surface area contributed by atoms with Crippen molar-refractivity contribution in [1.82, 2.24) is 10.2 Å². The molecular formula is C11H22N2O. The van der Waals surface area contributed by atoms with E-state index in [0.29, 0.717) is 18.0 Å². The van der Waals surface area contributed by atoms with Crippen LogP contribution in [-0.4, -0.2) is 37.0 Å². The van der Waals surface area contributed by atoms with E-state index in [0.717, 1.165) is 6.54 Å². The Hall–Kier alpha value is -0.570. The monoisotopic (exact) mass is 198 g/mol. The summed E-state index contributed by atoms with van der Waals surface area (Å²) in [5.74, 6) is 0.184. The number of amides is 1. The number of hydrogen-bond donors (Lipinski definition) is 1. The highest BCUT2D eigenvalue weighted by molar-refractivity contribution is 5.77. The molecule has 1 aliphatic carbocycles. The van der Waals surface area contributed by atoms with Crippen molar-refractivity contribution in [2.75, 3.05) is 20.1 Å². The Bertz CT molecular complexity index is 211. The maximum absolute atomic E-state index is 11.5. The molecule has 1 aliphatic rings. The number of hydrogen-bond acceptors (Lipinski definition) is 2. The largest absolute Gasteiger partial charge is 0.345 e. The Morgan fingerprint density at radius 1 is 1.57 bits per heavy atom. The van der Waals surface area contributed by atoms with Gasteiger partial charge in [-0.3, -0.25) is 4.79 Å². The van der Waals surface area contributed by atoms with Crippen LogP contribution >= 0.6 is 0 Å². The standard InChI is InChI=1S/C11H22N2O/c1-5-13(4)10(14)8-12-9(2)11(3)6-7-11/h9,12H,5-8H2,1-4H3. The van der Waals surface area contributed by atoms with Crippen LogP contribution < -0.4 is 5.32 Å². The molecule has 14 heavy (non-hydrogen) atoms. The van der Waals surface area contributed by atoms with Crippen LogP contribution in [0.5, 0.6) is 0 Å². The van der Waals surface area contributed by atoms with Gasteiger partial charge in [0.1, 0.15) is 0 Å². The summed E-state index contributed by atoms with van der Waals surface area (Å²) in [4.78, 5) is 13.2. The second-order valence-electron chi connectivity index (χ2n) is 4.66. The van der Waals surface area contributed by atoms with E-state index >= 15 is 0 Å². The molecule has 1 N–H and O–H groups in total. The van der Waals surface area contributed by atoms with Crippen LogP contribution in [0.2, 0.25) is 0 Å². The summed E-state index contributed by atoms with van der Waals surface area (Å²) in [6, 6.07) is 0.455. The zero-order chi connectivity index (χ0) is 10.8. The third-order valence-electron chi connectivity index (χ3n) is 3.54. The maximum atomic E-state index is 11.5. The van der Waals surface area contributed by atoms with Crippen molar-refractivity contribution in [3.8, 4) is 0 Å². The molecule has 3 nitrogen and oxygen atoms in total. The van der Waals surface area contributed by atoms with E-state index in [4.69, 9.17) is 0 Å². The third-order valence-corrected chi connectivity index (χ3v) is 3.54. The minimum absolute atomic E-state index is 0.184. The fourth-order valence-electron chi connectivity index (χ4n) is 1.43. The summed E-state index contributed by atoms with van der Waals surface area (Å²) in [6.07, 6.45) is 2.58. The second-order valence-corrected chi connectivity index (χ2v) is 4.66. The average molecular weight is 198 g/mol. The minimum Gasteiger partial charge on any atom is -0.345 e. The zero-order valence-electron chi connectivity index (χ0n) is 9.76. The summed E-state index contributed by atoms with van der Waals surface area (Å²) in [6.45, 7) is 7.70. The van der Waals surface area contributed by atoms with Gasteiger partial charge in [0.25, 0.3) is 0 Å². The van der Waals surface area contributed by atoms with Gasteiger partial charge in [-0.2, -0.15) is 0 Å². The molecular weight excluding hydrogens is 176 g/mol. The fourth-order valence-corrected chi connectivity index (χ4v) is 1.43. The lowest BCUT2D eigenvalue weighted by Gasteiger charge is -2.22. The lowest BCUT2D eigenvalue weighted by molar-refractivity contribution is -0.128. The minimum atomic E-state index is 0.184. The van der Waals surface area contributed by atoms with Gasteiger partial charge in [-0.1, -0.05) is 6.92 Å². The molecule has 1 unspecified atom stereocenters. The molecule has 1 amide bonds. The van der Waals surface area contributed by atoms with Crippen molar-refractivity contribution in [2.24, 2.45) is 5.41 Å². The second kappa shape index (κ2) is 4.30. The van der Waals surface area contributed by atoms with E-state index in [1.54, 1.807) is 4.90 Å². The molecule has 82 valence electrons. The van der Waals surface area contributed by atoms with Gasteiger partial charge in [-0.25, -0.2) is 0 Å². The van der Waals surface area contributed by atoms with Crippen molar-refractivity contribution < 1.29 is 4.79 Å². The van der Waals surface area contributed by atoms with Crippen LogP contribution in [-0.2, 0) is 4.79 Å². The number of carbonyl (C=O) groups excluding carboxylic acids is 1. The zero-order valence-corrected chi connectivity index (χ0v) is 9.76. The van der Waals surface area contributed by atoms with Crippen molar-refractivity contribution >= 4 is 5.91 Å². The van der Waals surface area contributed by atoms with Crippen LogP contribution in [0.1, 0.15) is 33.6 Å². The molecule has 0 spiro atoms. The van der Waals surface area contributed by atoms with Gasteiger partial charge >= 0.3 is 0 Å². The Morgan fingerprint density at radius 3 is 2.57 bits per heavy atom. The Morgan fingerprint density at radius 2 is 2.14 bits per heavy atom. The molecule has 3 heteroatoms. The Kier molecular flexibility index (Phi) is 3.53. The summed E-state index contributed by atoms with van der Waals surface area (Å²) >= 11 is 0. The Balaban J connectivity index is 2.23. The van der Waals surface area contributed by atoms with Crippen molar-refractivity contribution in [3.05, 3.63) is 0 Å². The van der Waals surface area contributed by atoms with Gasteiger partial charge in [-0.05, 0) is 32.1 Å². The summed E-state index contributed by atoms with van der Waals surface area (Å²) in [7, 11) is 1.84. The summed E-state index contributed by atoms with van der Waals surface area (Å²) < 4.78 is 0. The molecule has 0 bridgehead atoms. The molecule has 0 aliphatic heterocycles.